The third kappa shape index (κ3) is 5.06. The van der Waals surface area contributed by atoms with E-state index >= 15 is 0 Å². The molecule has 31 heavy (non-hydrogen) atoms. The number of carbonyl (C=O) groups is 1. The molecule has 1 N–H and O–H groups in total. The Morgan fingerprint density at radius 2 is 1.94 bits per heavy atom. The fraction of sp³-hybridized carbons (Fsp3) is 0.250. The van der Waals surface area contributed by atoms with Gasteiger partial charge in [-0.3, -0.25) is 20.2 Å². The van der Waals surface area contributed by atoms with Gasteiger partial charge in [-0.15, -0.1) is 5.10 Å². The number of nitro benzene ring substituents is 1. The van der Waals surface area contributed by atoms with Crippen LogP contribution in [0.15, 0.2) is 53.3 Å². The van der Waals surface area contributed by atoms with E-state index in [1.807, 2.05) is 29.2 Å². The fourth-order valence-corrected chi connectivity index (χ4v) is 3.54. The Balaban J connectivity index is 1.53. The predicted molar refractivity (Wildman–Crippen MR) is 117 cm³/mol. The molecule has 1 aromatic heterocycles. The average Bonchev–Trinajstić information content (AvgIpc) is 3.22. The number of ether oxygens (including phenoxy) is 1. The number of nitrogens with one attached hydrogen (secondary N) is 1. The van der Waals surface area contributed by atoms with E-state index in [-0.39, 0.29) is 17.2 Å². The van der Waals surface area contributed by atoms with Crippen molar-refractivity contribution in [3.63, 3.8) is 0 Å². The van der Waals surface area contributed by atoms with E-state index in [2.05, 4.69) is 31.3 Å². The van der Waals surface area contributed by atoms with E-state index in [1.54, 1.807) is 10.7 Å². The molecular weight excluding hydrogens is 468 g/mol. The summed E-state index contributed by atoms with van der Waals surface area (Å²) in [6.45, 7) is 2.74. The summed E-state index contributed by atoms with van der Waals surface area (Å²) in [5.74, 6) is -0.381. The van der Waals surface area contributed by atoms with Gasteiger partial charge in [0, 0.05) is 29.7 Å². The Kier molecular flexibility index (Phi) is 6.23. The van der Waals surface area contributed by atoms with E-state index in [0.29, 0.717) is 38.5 Å². The summed E-state index contributed by atoms with van der Waals surface area (Å²) >= 11 is 3.40. The summed E-state index contributed by atoms with van der Waals surface area (Å²) in [7, 11) is 0. The zero-order valence-corrected chi connectivity index (χ0v) is 18.0. The number of hydrogen-bond donors (Lipinski definition) is 1. The summed E-state index contributed by atoms with van der Waals surface area (Å²) < 4.78 is 7.95. The molecule has 4 rings (SSSR count). The lowest BCUT2D eigenvalue weighted by molar-refractivity contribution is -0.384. The second-order valence-electron chi connectivity index (χ2n) is 6.90. The zero-order chi connectivity index (χ0) is 21.8. The van der Waals surface area contributed by atoms with Crippen LogP contribution < -0.4 is 10.2 Å². The van der Waals surface area contributed by atoms with Crippen molar-refractivity contribution in [1.29, 1.82) is 0 Å². The topological polar surface area (TPSA) is 115 Å². The average molecular weight is 487 g/mol. The molecule has 3 aromatic rings. The Hall–Kier alpha value is -3.31. The minimum absolute atomic E-state index is 0.126. The molecule has 160 valence electrons. The SMILES string of the molecule is O=C(Nc1ncn(Cc2ccc(Br)cc2)n1)c1cc([N+](=O)[O-])ccc1N1CCOCC1. The van der Waals surface area contributed by atoms with Gasteiger partial charge in [0.15, 0.2) is 0 Å². The highest BCUT2D eigenvalue weighted by atomic mass is 79.9. The van der Waals surface area contributed by atoms with Gasteiger partial charge in [-0.2, -0.15) is 0 Å². The molecule has 1 aliphatic rings. The molecular formula is C20H19BrN6O4. The molecule has 2 aromatic carbocycles. The molecule has 1 amide bonds. The monoisotopic (exact) mass is 486 g/mol. The van der Waals surface area contributed by atoms with E-state index in [9.17, 15) is 14.9 Å². The van der Waals surface area contributed by atoms with E-state index in [4.69, 9.17) is 4.74 Å². The van der Waals surface area contributed by atoms with Crippen LogP contribution in [0.1, 0.15) is 15.9 Å². The molecule has 1 saturated heterocycles. The molecule has 11 heteroatoms. The summed E-state index contributed by atoms with van der Waals surface area (Å²) in [5, 5.41) is 18.2. The number of nitro groups is 1. The molecule has 0 radical (unpaired) electrons. The Labute approximate surface area is 186 Å². The maximum Gasteiger partial charge on any atom is 0.270 e. The van der Waals surface area contributed by atoms with Crippen molar-refractivity contribution in [3.8, 4) is 0 Å². The Morgan fingerprint density at radius 3 is 2.65 bits per heavy atom. The first-order chi connectivity index (χ1) is 15.0. The number of carbonyl (C=O) groups excluding carboxylic acids is 1. The minimum Gasteiger partial charge on any atom is -0.378 e. The molecule has 0 aliphatic carbocycles. The van der Waals surface area contributed by atoms with Crippen molar-refractivity contribution in [2.45, 2.75) is 6.54 Å². The number of nitrogens with zero attached hydrogens (tertiary/aromatic N) is 5. The van der Waals surface area contributed by atoms with Crippen molar-refractivity contribution in [2.75, 3.05) is 36.5 Å². The van der Waals surface area contributed by atoms with Crippen molar-refractivity contribution in [1.82, 2.24) is 14.8 Å². The molecule has 1 fully saturated rings. The molecule has 0 unspecified atom stereocenters. The van der Waals surface area contributed by atoms with Gasteiger partial charge < -0.3 is 9.64 Å². The smallest absolute Gasteiger partial charge is 0.270 e. The highest BCUT2D eigenvalue weighted by Crippen LogP contribution is 2.27. The van der Waals surface area contributed by atoms with Crippen LogP contribution in [0.2, 0.25) is 0 Å². The lowest BCUT2D eigenvalue weighted by Gasteiger charge is -2.30. The van der Waals surface area contributed by atoms with Gasteiger partial charge in [-0.1, -0.05) is 28.1 Å². The van der Waals surface area contributed by atoms with Crippen LogP contribution in [0.5, 0.6) is 0 Å². The standard InChI is InChI=1S/C20H19BrN6O4/c21-15-3-1-14(2-4-15)12-26-13-22-20(24-26)23-19(28)17-11-16(27(29)30)5-6-18(17)25-7-9-31-10-8-25/h1-6,11,13H,7-10,12H2,(H,23,24,28). The number of hydrogen-bond acceptors (Lipinski definition) is 7. The summed E-state index contributed by atoms with van der Waals surface area (Å²) in [6, 6.07) is 12.1. The van der Waals surface area contributed by atoms with Crippen molar-refractivity contribution in [3.05, 3.63) is 74.5 Å². The van der Waals surface area contributed by atoms with Gasteiger partial charge in [0.05, 0.1) is 35.9 Å². The first-order valence-electron chi connectivity index (χ1n) is 9.56. The van der Waals surface area contributed by atoms with Crippen LogP contribution in [0.25, 0.3) is 0 Å². The lowest BCUT2D eigenvalue weighted by atomic mass is 10.1. The van der Waals surface area contributed by atoms with Gasteiger partial charge in [0.2, 0.25) is 5.95 Å². The van der Waals surface area contributed by atoms with Crippen LogP contribution >= 0.6 is 15.9 Å². The molecule has 0 spiro atoms. The summed E-state index contributed by atoms with van der Waals surface area (Å²) in [5.41, 5.74) is 1.68. The van der Waals surface area contributed by atoms with Crippen LogP contribution in [-0.4, -0.2) is 51.9 Å². The first-order valence-corrected chi connectivity index (χ1v) is 10.4. The largest absolute Gasteiger partial charge is 0.378 e. The quantitative estimate of drug-likeness (QED) is 0.420. The third-order valence-corrected chi connectivity index (χ3v) is 5.34. The second-order valence-corrected chi connectivity index (χ2v) is 7.82. The second kappa shape index (κ2) is 9.23. The van der Waals surface area contributed by atoms with E-state index in [0.717, 1.165) is 10.0 Å². The Bertz CT molecular complexity index is 1100. The Morgan fingerprint density at radius 1 is 1.19 bits per heavy atom. The number of non-ortho nitro benzene ring substituents is 1. The van der Waals surface area contributed by atoms with Gasteiger partial charge in [-0.25, -0.2) is 9.67 Å². The first kappa shape index (κ1) is 20.9. The molecule has 0 bridgehead atoms. The van der Waals surface area contributed by atoms with Crippen LogP contribution in [0.4, 0.5) is 17.3 Å². The van der Waals surface area contributed by atoms with Gasteiger partial charge in [0.25, 0.3) is 11.6 Å². The molecule has 2 heterocycles. The van der Waals surface area contributed by atoms with E-state index < -0.39 is 10.8 Å². The minimum atomic E-state index is -0.523. The van der Waals surface area contributed by atoms with Crippen LogP contribution in [-0.2, 0) is 11.3 Å². The number of morpholine rings is 1. The highest BCUT2D eigenvalue weighted by molar-refractivity contribution is 9.10. The number of anilines is 2. The molecule has 0 atom stereocenters. The zero-order valence-electron chi connectivity index (χ0n) is 16.4. The third-order valence-electron chi connectivity index (χ3n) is 4.81. The van der Waals surface area contributed by atoms with Gasteiger partial charge in [0.1, 0.15) is 6.33 Å². The van der Waals surface area contributed by atoms with Crippen LogP contribution in [0, 0.1) is 10.1 Å². The highest BCUT2D eigenvalue weighted by Gasteiger charge is 2.23. The van der Waals surface area contributed by atoms with Crippen molar-refractivity contribution < 1.29 is 14.5 Å². The molecule has 0 saturated carbocycles. The molecule has 1 aliphatic heterocycles. The van der Waals surface area contributed by atoms with Crippen molar-refractivity contribution in [2.24, 2.45) is 0 Å². The predicted octanol–water partition coefficient (Wildman–Crippen LogP) is 3.09. The number of aromatic nitrogens is 3. The van der Waals surface area contributed by atoms with Gasteiger partial charge >= 0.3 is 0 Å². The summed E-state index contributed by atoms with van der Waals surface area (Å²) in [6.07, 6.45) is 1.52. The fourth-order valence-electron chi connectivity index (χ4n) is 3.27. The molecule has 10 nitrogen and oxygen atoms in total. The van der Waals surface area contributed by atoms with Gasteiger partial charge in [-0.05, 0) is 23.8 Å². The van der Waals surface area contributed by atoms with Crippen LogP contribution in [0.3, 0.4) is 0 Å². The normalized spacial score (nSPS) is 13.8. The number of benzene rings is 2. The number of amides is 1. The summed E-state index contributed by atoms with van der Waals surface area (Å²) in [4.78, 5) is 29.8. The lowest BCUT2D eigenvalue weighted by Crippen LogP contribution is -2.37. The van der Waals surface area contributed by atoms with E-state index in [1.165, 1.54) is 18.5 Å². The maximum absolute atomic E-state index is 13.0. The maximum atomic E-state index is 13.0. The van der Waals surface area contributed by atoms with Crippen molar-refractivity contribution >= 4 is 39.2 Å². The number of rotatable bonds is 6. The number of halogens is 1.